The number of methoxy groups -OCH3 is 2. The van der Waals surface area contributed by atoms with Crippen molar-refractivity contribution in [2.24, 2.45) is 0 Å². The van der Waals surface area contributed by atoms with Crippen LogP contribution in [0.2, 0.25) is 0 Å². The maximum absolute atomic E-state index is 10.2. The Balaban J connectivity index is 2.07. The molecule has 2 atom stereocenters. The van der Waals surface area contributed by atoms with Crippen LogP contribution in [-0.2, 0) is 0 Å². The summed E-state index contributed by atoms with van der Waals surface area (Å²) in [6.07, 6.45) is 2.79. The lowest BCUT2D eigenvalue weighted by Crippen LogP contribution is -2.25. The molecule has 1 heterocycles. The Kier molecular flexibility index (Phi) is 5.96. The van der Waals surface area contributed by atoms with Gasteiger partial charge in [0.15, 0.2) is 11.5 Å². The number of nitrogens with one attached hydrogen (secondary N) is 1. The Morgan fingerprint density at radius 1 is 1.13 bits per heavy atom. The van der Waals surface area contributed by atoms with Gasteiger partial charge in [0, 0.05) is 25.0 Å². The molecule has 0 spiro atoms. The lowest BCUT2D eigenvalue weighted by molar-refractivity contribution is 0.170. The second-order valence-electron chi connectivity index (χ2n) is 5.49. The molecule has 0 saturated carbocycles. The predicted octanol–water partition coefficient (Wildman–Crippen LogP) is 2.79. The Labute approximate surface area is 137 Å². The molecule has 2 rings (SSSR count). The van der Waals surface area contributed by atoms with Gasteiger partial charge in [-0.05, 0) is 54.8 Å². The normalized spacial score (nSPS) is 13.4. The van der Waals surface area contributed by atoms with Crippen molar-refractivity contribution < 1.29 is 14.6 Å². The second kappa shape index (κ2) is 7.94. The zero-order valence-electron chi connectivity index (χ0n) is 14.0. The summed E-state index contributed by atoms with van der Waals surface area (Å²) in [5, 5.41) is 13.6. The number of benzene rings is 1. The number of aliphatic hydroxyl groups excluding tert-OH is 1. The number of aliphatic hydroxyl groups is 1. The van der Waals surface area contributed by atoms with Gasteiger partial charge in [-0.3, -0.25) is 4.98 Å². The molecule has 0 aliphatic rings. The van der Waals surface area contributed by atoms with Crippen LogP contribution in [0.4, 0.5) is 0 Å². The molecule has 2 aromatic rings. The van der Waals surface area contributed by atoms with Crippen molar-refractivity contribution >= 4 is 0 Å². The van der Waals surface area contributed by atoms with Crippen LogP contribution >= 0.6 is 0 Å². The highest BCUT2D eigenvalue weighted by molar-refractivity contribution is 5.48. The van der Waals surface area contributed by atoms with Crippen molar-refractivity contribution in [1.29, 1.82) is 0 Å². The summed E-state index contributed by atoms with van der Waals surface area (Å²) >= 11 is 0. The highest BCUT2D eigenvalue weighted by Gasteiger charge is 2.15. The van der Waals surface area contributed by atoms with Crippen LogP contribution in [0.25, 0.3) is 0 Å². The molecular formula is C18H24N2O3. The first-order valence-electron chi connectivity index (χ1n) is 7.60. The first-order valence-corrected chi connectivity index (χ1v) is 7.60. The molecule has 0 aliphatic carbocycles. The minimum Gasteiger partial charge on any atom is -0.493 e. The van der Waals surface area contributed by atoms with Gasteiger partial charge in [0.2, 0.25) is 0 Å². The second-order valence-corrected chi connectivity index (χ2v) is 5.49. The summed E-state index contributed by atoms with van der Waals surface area (Å²) in [6, 6.07) is 7.65. The number of nitrogens with zero attached hydrogens (tertiary/aromatic N) is 1. The van der Waals surface area contributed by atoms with Gasteiger partial charge in [-0.2, -0.15) is 0 Å². The average molecular weight is 316 g/mol. The monoisotopic (exact) mass is 316 g/mol. The molecule has 0 bridgehead atoms. The standard InChI is InChI=1S/C18H24N2O3/c1-12-9-17(22-3)18(23-4)10-15(12)13(2)20-11-16(21)14-5-7-19-8-6-14/h5-10,13,16,20-21H,11H2,1-4H3. The minimum absolute atomic E-state index is 0.0753. The van der Waals surface area contributed by atoms with E-state index in [1.165, 1.54) is 0 Å². The zero-order chi connectivity index (χ0) is 16.8. The summed E-state index contributed by atoms with van der Waals surface area (Å²) < 4.78 is 10.7. The van der Waals surface area contributed by atoms with E-state index in [-0.39, 0.29) is 6.04 Å². The van der Waals surface area contributed by atoms with E-state index in [4.69, 9.17) is 9.47 Å². The fraction of sp³-hybridized carbons (Fsp3) is 0.389. The van der Waals surface area contributed by atoms with Crippen LogP contribution in [0.5, 0.6) is 11.5 Å². The molecular weight excluding hydrogens is 292 g/mol. The molecule has 0 amide bonds. The van der Waals surface area contributed by atoms with Gasteiger partial charge in [-0.25, -0.2) is 0 Å². The fourth-order valence-corrected chi connectivity index (χ4v) is 2.56. The lowest BCUT2D eigenvalue weighted by atomic mass is 10.0. The van der Waals surface area contributed by atoms with E-state index in [2.05, 4.69) is 17.2 Å². The van der Waals surface area contributed by atoms with Crippen LogP contribution < -0.4 is 14.8 Å². The van der Waals surface area contributed by atoms with Crippen molar-refractivity contribution in [2.75, 3.05) is 20.8 Å². The number of hydrogen-bond donors (Lipinski definition) is 2. The fourth-order valence-electron chi connectivity index (χ4n) is 2.56. The third kappa shape index (κ3) is 4.21. The summed E-state index contributed by atoms with van der Waals surface area (Å²) in [5.74, 6) is 1.43. The number of rotatable bonds is 7. The molecule has 5 heteroatoms. The van der Waals surface area contributed by atoms with Crippen molar-refractivity contribution in [3.05, 3.63) is 53.3 Å². The van der Waals surface area contributed by atoms with Crippen LogP contribution in [0.15, 0.2) is 36.7 Å². The van der Waals surface area contributed by atoms with Crippen molar-refractivity contribution in [1.82, 2.24) is 10.3 Å². The van der Waals surface area contributed by atoms with Crippen molar-refractivity contribution in [3.8, 4) is 11.5 Å². The molecule has 1 aromatic carbocycles. The van der Waals surface area contributed by atoms with E-state index < -0.39 is 6.10 Å². The highest BCUT2D eigenvalue weighted by atomic mass is 16.5. The number of ether oxygens (including phenoxy) is 2. The Hall–Kier alpha value is -2.11. The van der Waals surface area contributed by atoms with Gasteiger partial charge >= 0.3 is 0 Å². The van der Waals surface area contributed by atoms with Crippen LogP contribution in [0.1, 0.15) is 35.8 Å². The van der Waals surface area contributed by atoms with E-state index in [0.29, 0.717) is 12.3 Å². The SMILES string of the molecule is COc1cc(C)c(C(C)NCC(O)c2ccncc2)cc1OC. The summed E-state index contributed by atoms with van der Waals surface area (Å²) in [7, 11) is 3.26. The number of aromatic nitrogens is 1. The van der Waals surface area contributed by atoms with E-state index in [1.54, 1.807) is 26.6 Å². The van der Waals surface area contributed by atoms with E-state index in [1.807, 2.05) is 31.2 Å². The van der Waals surface area contributed by atoms with Gasteiger partial charge < -0.3 is 19.9 Å². The number of aryl methyl sites for hydroxylation is 1. The molecule has 2 unspecified atom stereocenters. The molecule has 5 nitrogen and oxygen atoms in total. The third-order valence-corrected chi connectivity index (χ3v) is 3.95. The molecule has 1 aromatic heterocycles. The quantitative estimate of drug-likeness (QED) is 0.822. The van der Waals surface area contributed by atoms with E-state index in [0.717, 1.165) is 22.4 Å². The minimum atomic E-state index is -0.569. The van der Waals surface area contributed by atoms with Crippen molar-refractivity contribution in [3.63, 3.8) is 0 Å². The Morgan fingerprint density at radius 2 is 1.74 bits per heavy atom. The average Bonchev–Trinajstić information content (AvgIpc) is 2.59. The number of hydrogen-bond acceptors (Lipinski definition) is 5. The van der Waals surface area contributed by atoms with Crippen LogP contribution in [0, 0.1) is 6.92 Å². The largest absolute Gasteiger partial charge is 0.493 e. The highest BCUT2D eigenvalue weighted by Crippen LogP contribution is 2.32. The molecule has 0 radical (unpaired) electrons. The lowest BCUT2D eigenvalue weighted by Gasteiger charge is -2.21. The smallest absolute Gasteiger partial charge is 0.161 e. The number of pyridine rings is 1. The molecule has 0 aliphatic heterocycles. The Bertz CT molecular complexity index is 632. The molecule has 23 heavy (non-hydrogen) atoms. The zero-order valence-corrected chi connectivity index (χ0v) is 14.0. The van der Waals surface area contributed by atoms with Gasteiger partial charge in [-0.1, -0.05) is 0 Å². The Morgan fingerprint density at radius 3 is 2.35 bits per heavy atom. The first kappa shape index (κ1) is 17.2. The summed E-state index contributed by atoms with van der Waals surface area (Å²) in [6.45, 7) is 4.56. The molecule has 0 fully saturated rings. The van der Waals surface area contributed by atoms with E-state index in [9.17, 15) is 5.11 Å². The summed E-state index contributed by atoms with van der Waals surface area (Å²) in [5.41, 5.74) is 3.08. The first-order chi connectivity index (χ1) is 11.1. The van der Waals surface area contributed by atoms with Gasteiger partial charge in [-0.15, -0.1) is 0 Å². The summed E-state index contributed by atoms with van der Waals surface area (Å²) in [4.78, 5) is 3.96. The molecule has 0 saturated heterocycles. The maximum Gasteiger partial charge on any atom is 0.161 e. The molecule has 2 N–H and O–H groups in total. The molecule has 124 valence electrons. The van der Waals surface area contributed by atoms with Gasteiger partial charge in [0.05, 0.1) is 20.3 Å². The van der Waals surface area contributed by atoms with E-state index >= 15 is 0 Å². The third-order valence-electron chi connectivity index (χ3n) is 3.95. The maximum atomic E-state index is 10.2. The van der Waals surface area contributed by atoms with Crippen LogP contribution in [0.3, 0.4) is 0 Å². The van der Waals surface area contributed by atoms with Gasteiger partial charge in [0.25, 0.3) is 0 Å². The topological polar surface area (TPSA) is 63.6 Å². The van der Waals surface area contributed by atoms with Crippen molar-refractivity contribution in [2.45, 2.75) is 26.0 Å². The van der Waals surface area contributed by atoms with Crippen LogP contribution in [-0.4, -0.2) is 30.9 Å². The van der Waals surface area contributed by atoms with Gasteiger partial charge in [0.1, 0.15) is 0 Å². The predicted molar refractivity (Wildman–Crippen MR) is 89.9 cm³/mol.